The average molecular weight is 208 g/mol. The zero-order valence-electron chi connectivity index (χ0n) is 8.20. The first-order chi connectivity index (χ1) is 6.86. The predicted octanol–water partition coefficient (Wildman–Crippen LogP) is 2.43. The molecule has 3 heteroatoms. The predicted molar refractivity (Wildman–Crippen MR) is 64.8 cm³/mol. The number of hydrogen-bond donors (Lipinski definition) is 2. The smallest absolute Gasteiger partial charge is 0.0574 e. The highest BCUT2D eigenvalue weighted by molar-refractivity contribution is 7.99. The van der Waals surface area contributed by atoms with Crippen LogP contribution in [0.25, 0.3) is 0 Å². The molecular weight excluding hydrogens is 192 g/mol. The van der Waals surface area contributed by atoms with E-state index in [1.165, 1.54) is 17.9 Å². The average Bonchev–Trinajstić information content (AvgIpc) is 2.69. The molecule has 1 aliphatic rings. The second kappa shape index (κ2) is 4.60. The van der Waals surface area contributed by atoms with Crippen molar-refractivity contribution in [3.63, 3.8) is 0 Å². The highest BCUT2D eigenvalue weighted by Crippen LogP contribution is 2.24. The standard InChI is InChI=1S/C11H16N2S/c12-10-3-1-2-4-11(10)13-7-9-5-6-14-8-9/h1-4,9,13H,5-8,12H2. The lowest BCUT2D eigenvalue weighted by molar-refractivity contribution is 0.632. The molecule has 0 amide bonds. The summed E-state index contributed by atoms with van der Waals surface area (Å²) in [5.41, 5.74) is 7.76. The molecule has 0 aliphatic carbocycles. The summed E-state index contributed by atoms with van der Waals surface area (Å²) < 4.78 is 0. The van der Waals surface area contributed by atoms with Gasteiger partial charge in [-0.2, -0.15) is 11.8 Å². The molecule has 14 heavy (non-hydrogen) atoms. The fourth-order valence-corrected chi connectivity index (χ4v) is 2.94. The van der Waals surface area contributed by atoms with E-state index in [9.17, 15) is 0 Å². The summed E-state index contributed by atoms with van der Waals surface area (Å²) in [6.45, 7) is 1.06. The van der Waals surface area contributed by atoms with Gasteiger partial charge >= 0.3 is 0 Å². The molecule has 1 atom stereocenters. The van der Waals surface area contributed by atoms with Crippen molar-refractivity contribution in [3.05, 3.63) is 24.3 Å². The van der Waals surface area contributed by atoms with Gasteiger partial charge in [0.05, 0.1) is 11.4 Å². The Labute approximate surface area is 89.3 Å². The van der Waals surface area contributed by atoms with Gasteiger partial charge in [-0.25, -0.2) is 0 Å². The second-order valence-corrected chi connectivity index (χ2v) is 4.85. The van der Waals surface area contributed by atoms with Crippen LogP contribution in [0, 0.1) is 5.92 Å². The van der Waals surface area contributed by atoms with Crippen LogP contribution in [0.3, 0.4) is 0 Å². The van der Waals surface area contributed by atoms with Crippen LogP contribution in [-0.4, -0.2) is 18.1 Å². The minimum atomic E-state index is 0.819. The van der Waals surface area contributed by atoms with Crippen molar-refractivity contribution in [2.75, 3.05) is 29.1 Å². The van der Waals surface area contributed by atoms with Gasteiger partial charge in [0.15, 0.2) is 0 Å². The Morgan fingerprint density at radius 3 is 3.00 bits per heavy atom. The number of para-hydroxylation sites is 2. The van der Waals surface area contributed by atoms with Crippen LogP contribution < -0.4 is 11.1 Å². The Hall–Kier alpha value is -0.830. The molecule has 1 aromatic rings. The fourth-order valence-electron chi connectivity index (χ4n) is 1.66. The van der Waals surface area contributed by atoms with Gasteiger partial charge in [-0.15, -0.1) is 0 Å². The Balaban J connectivity index is 1.88. The summed E-state index contributed by atoms with van der Waals surface area (Å²) in [6.07, 6.45) is 1.34. The molecule has 1 heterocycles. The fraction of sp³-hybridized carbons (Fsp3) is 0.455. The summed E-state index contributed by atoms with van der Waals surface area (Å²) in [4.78, 5) is 0. The molecule has 0 spiro atoms. The van der Waals surface area contributed by atoms with Crippen molar-refractivity contribution in [1.29, 1.82) is 0 Å². The van der Waals surface area contributed by atoms with E-state index in [1.54, 1.807) is 0 Å². The molecule has 2 nitrogen and oxygen atoms in total. The first kappa shape index (κ1) is 9.71. The van der Waals surface area contributed by atoms with Gasteiger partial charge in [-0.05, 0) is 36.0 Å². The highest BCUT2D eigenvalue weighted by atomic mass is 32.2. The molecule has 76 valence electrons. The lowest BCUT2D eigenvalue weighted by atomic mass is 10.1. The van der Waals surface area contributed by atoms with Crippen LogP contribution in [0.1, 0.15) is 6.42 Å². The third-order valence-corrected chi connectivity index (χ3v) is 3.80. The van der Waals surface area contributed by atoms with Crippen molar-refractivity contribution in [2.45, 2.75) is 6.42 Å². The maximum Gasteiger partial charge on any atom is 0.0574 e. The number of anilines is 2. The van der Waals surface area contributed by atoms with Gasteiger partial charge in [0.25, 0.3) is 0 Å². The maximum absolute atomic E-state index is 5.84. The largest absolute Gasteiger partial charge is 0.397 e. The first-order valence-electron chi connectivity index (χ1n) is 5.02. The Kier molecular flexibility index (Phi) is 3.19. The molecule has 1 unspecified atom stereocenters. The van der Waals surface area contributed by atoms with Crippen molar-refractivity contribution in [1.82, 2.24) is 0 Å². The van der Waals surface area contributed by atoms with Crippen LogP contribution in [0.5, 0.6) is 0 Å². The van der Waals surface area contributed by atoms with Gasteiger partial charge in [0.1, 0.15) is 0 Å². The maximum atomic E-state index is 5.84. The van der Waals surface area contributed by atoms with Crippen molar-refractivity contribution in [3.8, 4) is 0 Å². The van der Waals surface area contributed by atoms with Crippen LogP contribution >= 0.6 is 11.8 Å². The lowest BCUT2D eigenvalue weighted by Gasteiger charge is -2.12. The number of benzene rings is 1. The van der Waals surface area contributed by atoms with Crippen LogP contribution in [-0.2, 0) is 0 Å². The molecule has 0 bridgehead atoms. The SMILES string of the molecule is Nc1ccccc1NCC1CCSC1. The van der Waals surface area contributed by atoms with E-state index in [-0.39, 0.29) is 0 Å². The van der Waals surface area contributed by atoms with E-state index >= 15 is 0 Å². The first-order valence-corrected chi connectivity index (χ1v) is 6.18. The molecule has 3 N–H and O–H groups in total. The van der Waals surface area contributed by atoms with Gasteiger partial charge < -0.3 is 11.1 Å². The molecule has 1 aromatic carbocycles. The number of rotatable bonds is 3. The van der Waals surface area contributed by atoms with E-state index in [4.69, 9.17) is 5.73 Å². The van der Waals surface area contributed by atoms with E-state index in [2.05, 4.69) is 17.1 Å². The number of nitrogen functional groups attached to an aromatic ring is 1. The molecule has 2 rings (SSSR count). The summed E-state index contributed by atoms with van der Waals surface area (Å²) in [7, 11) is 0. The summed E-state index contributed by atoms with van der Waals surface area (Å²) in [5.74, 6) is 3.43. The lowest BCUT2D eigenvalue weighted by Crippen LogP contribution is -2.14. The molecule has 1 saturated heterocycles. The number of hydrogen-bond acceptors (Lipinski definition) is 3. The van der Waals surface area contributed by atoms with Crippen LogP contribution in [0.4, 0.5) is 11.4 Å². The van der Waals surface area contributed by atoms with Gasteiger partial charge in [-0.1, -0.05) is 12.1 Å². The molecule has 0 aromatic heterocycles. The zero-order chi connectivity index (χ0) is 9.80. The van der Waals surface area contributed by atoms with Crippen molar-refractivity contribution < 1.29 is 0 Å². The number of thioether (sulfide) groups is 1. The highest BCUT2D eigenvalue weighted by Gasteiger charge is 2.14. The van der Waals surface area contributed by atoms with Crippen LogP contribution in [0.2, 0.25) is 0 Å². The van der Waals surface area contributed by atoms with Crippen molar-refractivity contribution in [2.24, 2.45) is 5.92 Å². The molecule has 0 radical (unpaired) electrons. The number of nitrogens with one attached hydrogen (secondary N) is 1. The molecular formula is C11H16N2S. The monoisotopic (exact) mass is 208 g/mol. The van der Waals surface area contributed by atoms with E-state index in [1.807, 2.05) is 24.3 Å². The van der Waals surface area contributed by atoms with E-state index in [0.717, 1.165) is 23.8 Å². The second-order valence-electron chi connectivity index (χ2n) is 3.70. The Morgan fingerprint density at radius 1 is 1.43 bits per heavy atom. The molecule has 0 saturated carbocycles. The number of nitrogens with two attached hydrogens (primary N) is 1. The van der Waals surface area contributed by atoms with Gasteiger partial charge in [0.2, 0.25) is 0 Å². The summed E-state index contributed by atoms with van der Waals surface area (Å²) >= 11 is 2.05. The minimum Gasteiger partial charge on any atom is -0.397 e. The molecule has 1 aliphatic heterocycles. The van der Waals surface area contributed by atoms with Crippen LogP contribution in [0.15, 0.2) is 24.3 Å². The normalized spacial score (nSPS) is 21.0. The van der Waals surface area contributed by atoms with E-state index < -0.39 is 0 Å². The Morgan fingerprint density at radius 2 is 2.29 bits per heavy atom. The third kappa shape index (κ3) is 2.35. The van der Waals surface area contributed by atoms with Gasteiger partial charge in [0, 0.05) is 6.54 Å². The summed E-state index contributed by atoms with van der Waals surface area (Å²) in [6, 6.07) is 7.96. The third-order valence-electron chi connectivity index (χ3n) is 2.57. The minimum absolute atomic E-state index is 0.819. The topological polar surface area (TPSA) is 38.0 Å². The van der Waals surface area contributed by atoms with E-state index in [0.29, 0.717) is 0 Å². The summed E-state index contributed by atoms with van der Waals surface area (Å²) in [5, 5.41) is 3.42. The quantitative estimate of drug-likeness (QED) is 0.749. The van der Waals surface area contributed by atoms with Gasteiger partial charge in [-0.3, -0.25) is 0 Å². The zero-order valence-corrected chi connectivity index (χ0v) is 9.02. The Bertz CT molecular complexity index is 295. The van der Waals surface area contributed by atoms with Crippen molar-refractivity contribution >= 4 is 23.1 Å². The molecule has 1 fully saturated rings.